The zero-order chi connectivity index (χ0) is 24.4. The quantitative estimate of drug-likeness (QED) is 0.408. The van der Waals surface area contributed by atoms with E-state index in [1.165, 1.54) is 11.3 Å². The van der Waals surface area contributed by atoms with Gasteiger partial charge in [-0.25, -0.2) is 0 Å². The summed E-state index contributed by atoms with van der Waals surface area (Å²) in [4.78, 5) is 31.1. The molecule has 0 fully saturated rings. The third-order valence-corrected chi connectivity index (χ3v) is 7.34. The average Bonchev–Trinajstić information content (AvgIpc) is 3.46. The third-order valence-electron chi connectivity index (χ3n) is 6.48. The Labute approximate surface area is 205 Å². The van der Waals surface area contributed by atoms with Gasteiger partial charge in [-0.2, -0.15) is 0 Å². The van der Waals surface area contributed by atoms with E-state index >= 15 is 0 Å². The van der Waals surface area contributed by atoms with E-state index in [0.717, 1.165) is 41.0 Å². The minimum atomic E-state index is -0.659. The van der Waals surface area contributed by atoms with Gasteiger partial charge in [-0.1, -0.05) is 42.0 Å². The lowest BCUT2D eigenvalue weighted by atomic mass is 9.94. The number of ketones is 1. The van der Waals surface area contributed by atoms with E-state index in [4.69, 9.17) is 0 Å². The van der Waals surface area contributed by atoms with Crippen molar-refractivity contribution >= 4 is 28.7 Å². The van der Waals surface area contributed by atoms with Crippen molar-refractivity contribution in [2.24, 2.45) is 0 Å². The van der Waals surface area contributed by atoms with Crippen LogP contribution in [0.5, 0.6) is 0 Å². The first-order valence-electron chi connectivity index (χ1n) is 11.6. The summed E-state index contributed by atoms with van der Waals surface area (Å²) in [7, 11) is 0. The number of carbonyl (C=O) groups excluding carboxylic acids is 2. The molecule has 1 aliphatic heterocycles. The number of Topliss-reactive ketones (excluding diaryl/α,β-unsaturated/α-hetero) is 1. The lowest BCUT2D eigenvalue weighted by Crippen LogP contribution is -2.31. The molecule has 34 heavy (non-hydrogen) atoms. The molecule has 3 aromatic rings. The van der Waals surface area contributed by atoms with Crippen LogP contribution in [0.4, 0.5) is 5.69 Å². The molecule has 4 rings (SSSR count). The lowest BCUT2D eigenvalue weighted by molar-refractivity contribution is -0.130. The zero-order valence-corrected chi connectivity index (χ0v) is 20.9. The molecule has 0 radical (unpaired) electrons. The van der Waals surface area contributed by atoms with Gasteiger partial charge in [0, 0.05) is 25.3 Å². The third kappa shape index (κ3) is 4.38. The largest absolute Gasteiger partial charge is 0.503 e. The fourth-order valence-corrected chi connectivity index (χ4v) is 5.22. The number of aliphatic hydroxyl groups excluding tert-OH is 1. The van der Waals surface area contributed by atoms with Crippen LogP contribution in [0.3, 0.4) is 0 Å². The number of hydrogen-bond donors (Lipinski definition) is 1. The Morgan fingerprint density at radius 2 is 1.76 bits per heavy atom. The van der Waals surface area contributed by atoms with Gasteiger partial charge < -0.3 is 14.9 Å². The molecule has 1 aliphatic rings. The SMILES string of the molecule is CCN(CC)c1ccc(C2C(C(=O)c3cccs3)=C(O)C(=O)N2Cc2cc(C)ccc2C)cc1. The normalized spacial score (nSPS) is 15.8. The second-order valence-corrected chi connectivity index (χ2v) is 9.55. The minimum absolute atomic E-state index is 0.147. The van der Waals surface area contributed by atoms with E-state index in [1.54, 1.807) is 17.0 Å². The summed E-state index contributed by atoms with van der Waals surface area (Å²) in [6.45, 7) is 10.3. The summed E-state index contributed by atoms with van der Waals surface area (Å²) in [5, 5.41) is 12.7. The standard InChI is InChI=1S/C28H30N2O3S/c1-5-29(6-2)22-13-11-20(12-14-22)25-24(26(31)23-8-7-15-34-23)27(32)28(33)30(25)17-21-16-18(3)9-10-19(21)4/h7-16,25,32H,5-6,17H2,1-4H3. The number of carbonyl (C=O) groups is 2. The number of anilines is 1. The summed E-state index contributed by atoms with van der Waals surface area (Å²) in [5.41, 5.74) is 5.19. The summed E-state index contributed by atoms with van der Waals surface area (Å²) in [6.07, 6.45) is 0. The molecule has 0 saturated heterocycles. The predicted octanol–water partition coefficient (Wildman–Crippen LogP) is 5.99. The van der Waals surface area contributed by atoms with Gasteiger partial charge >= 0.3 is 0 Å². The smallest absolute Gasteiger partial charge is 0.290 e. The molecular weight excluding hydrogens is 444 g/mol. The number of thiophene rings is 1. The molecule has 6 heteroatoms. The molecule has 1 N–H and O–H groups in total. The first-order valence-corrected chi connectivity index (χ1v) is 12.5. The highest BCUT2D eigenvalue weighted by Crippen LogP contribution is 2.41. The van der Waals surface area contributed by atoms with Crippen molar-refractivity contribution in [3.05, 3.63) is 98.4 Å². The Bertz CT molecular complexity index is 1230. The highest BCUT2D eigenvalue weighted by molar-refractivity contribution is 7.12. The Balaban J connectivity index is 1.79. The molecule has 1 atom stereocenters. The maximum atomic E-state index is 13.4. The molecule has 0 spiro atoms. The fraction of sp³-hybridized carbons (Fsp3) is 0.286. The molecule has 2 heterocycles. The number of hydrogen-bond acceptors (Lipinski definition) is 5. The number of aliphatic hydroxyl groups is 1. The first kappa shape index (κ1) is 23.8. The van der Waals surface area contributed by atoms with E-state index in [1.807, 2.05) is 55.6 Å². The molecular formula is C28H30N2O3S. The lowest BCUT2D eigenvalue weighted by Gasteiger charge is -2.28. The average molecular weight is 475 g/mol. The van der Waals surface area contributed by atoms with Crippen molar-refractivity contribution in [2.75, 3.05) is 18.0 Å². The van der Waals surface area contributed by atoms with Crippen LogP contribution in [0, 0.1) is 13.8 Å². The van der Waals surface area contributed by atoms with Crippen LogP contribution in [0.15, 0.2) is 71.3 Å². The van der Waals surface area contributed by atoms with E-state index < -0.39 is 17.7 Å². The van der Waals surface area contributed by atoms with Crippen LogP contribution >= 0.6 is 11.3 Å². The second kappa shape index (κ2) is 9.85. The van der Waals surface area contributed by atoms with E-state index in [-0.39, 0.29) is 11.4 Å². The summed E-state index contributed by atoms with van der Waals surface area (Å²) in [6, 6.07) is 17.0. The number of amides is 1. The number of aryl methyl sites for hydroxylation is 2. The van der Waals surface area contributed by atoms with Crippen LogP contribution in [0.2, 0.25) is 0 Å². The van der Waals surface area contributed by atoms with Crippen molar-refractivity contribution in [2.45, 2.75) is 40.3 Å². The molecule has 0 saturated carbocycles. The molecule has 176 valence electrons. The maximum Gasteiger partial charge on any atom is 0.290 e. The van der Waals surface area contributed by atoms with Gasteiger partial charge in [-0.15, -0.1) is 11.3 Å². The maximum absolute atomic E-state index is 13.4. The minimum Gasteiger partial charge on any atom is -0.503 e. The molecule has 0 aliphatic carbocycles. The monoisotopic (exact) mass is 474 g/mol. The molecule has 1 amide bonds. The van der Waals surface area contributed by atoms with Gasteiger partial charge in [-0.05, 0) is 68.0 Å². The molecule has 1 unspecified atom stereocenters. The zero-order valence-electron chi connectivity index (χ0n) is 20.0. The van der Waals surface area contributed by atoms with Gasteiger partial charge in [0.05, 0.1) is 16.5 Å². The summed E-state index contributed by atoms with van der Waals surface area (Å²) >= 11 is 1.31. The van der Waals surface area contributed by atoms with Crippen LogP contribution in [0.25, 0.3) is 0 Å². The number of benzene rings is 2. The van der Waals surface area contributed by atoms with E-state index in [2.05, 4.69) is 24.8 Å². The van der Waals surface area contributed by atoms with Crippen molar-refractivity contribution in [1.29, 1.82) is 0 Å². The molecule has 0 bridgehead atoms. The van der Waals surface area contributed by atoms with E-state index in [9.17, 15) is 14.7 Å². The van der Waals surface area contributed by atoms with Gasteiger partial charge in [0.25, 0.3) is 5.91 Å². The molecule has 2 aromatic carbocycles. The Hall–Kier alpha value is -3.38. The fourth-order valence-electron chi connectivity index (χ4n) is 4.55. The second-order valence-electron chi connectivity index (χ2n) is 8.60. The number of nitrogens with zero attached hydrogens (tertiary/aromatic N) is 2. The van der Waals surface area contributed by atoms with Crippen LogP contribution in [0.1, 0.15) is 51.8 Å². The topological polar surface area (TPSA) is 60.9 Å². The van der Waals surface area contributed by atoms with Gasteiger partial charge in [0.15, 0.2) is 5.76 Å². The Kier molecular flexibility index (Phi) is 6.89. The Morgan fingerprint density at radius 1 is 1.06 bits per heavy atom. The predicted molar refractivity (Wildman–Crippen MR) is 138 cm³/mol. The van der Waals surface area contributed by atoms with Gasteiger partial charge in [0.1, 0.15) is 0 Å². The first-order chi connectivity index (χ1) is 16.3. The Morgan fingerprint density at radius 3 is 2.38 bits per heavy atom. The number of rotatable bonds is 8. The van der Waals surface area contributed by atoms with Crippen LogP contribution in [-0.2, 0) is 11.3 Å². The van der Waals surface area contributed by atoms with Crippen molar-refractivity contribution in [3.63, 3.8) is 0 Å². The summed E-state index contributed by atoms with van der Waals surface area (Å²) in [5.74, 6) is -1.28. The van der Waals surface area contributed by atoms with Gasteiger partial charge in [-0.3, -0.25) is 9.59 Å². The van der Waals surface area contributed by atoms with Crippen LogP contribution in [-0.4, -0.2) is 34.8 Å². The van der Waals surface area contributed by atoms with E-state index in [0.29, 0.717) is 11.4 Å². The molecule has 5 nitrogen and oxygen atoms in total. The highest BCUT2D eigenvalue weighted by atomic mass is 32.1. The molecule has 1 aromatic heterocycles. The van der Waals surface area contributed by atoms with Crippen molar-refractivity contribution in [1.82, 2.24) is 4.90 Å². The van der Waals surface area contributed by atoms with Crippen molar-refractivity contribution in [3.8, 4) is 0 Å². The highest BCUT2D eigenvalue weighted by Gasteiger charge is 2.44. The summed E-state index contributed by atoms with van der Waals surface area (Å²) < 4.78 is 0. The van der Waals surface area contributed by atoms with Crippen molar-refractivity contribution < 1.29 is 14.7 Å². The van der Waals surface area contributed by atoms with Crippen LogP contribution < -0.4 is 4.90 Å². The van der Waals surface area contributed by atoms with Gasteiger partial charge in [0.2, 0.25) is 5.78 Å².